The highest BCUT2D eigenvalue weighted by atomic mass is 19.1. The SMILES string of the molecule is CC(O)CN(C)c1ccc(CNC(C)(C)C)cc1F. The van der Waals surface area contributed by atoms with Crippen LogP contribution in [0.5, 0.6) is 0 Å². The number of anilines is 1. The fraction of sp³-hybridized carbons (Fsp3) is 0.600. The lowest BCUT2D eigenvalue weighted by Gasteiger charge is -2.23. The number of aliphatic hydroxyl groups excluding tert-OH is 1. The van der Waals surface area contributed by atoms with Crippen LogP contribution in [-0.2, 0) is 6.54 Å². The van der Waals surface area contributed by atoms with Crippen molar-refractivity contribution in [3.05, 3.63) is 29.6 Å². The molecule has 0 saturated carbocycles. The Morgan fingerprint density at radius 1 is 1.37 bits per heavy atom. The van der Waals surface area contributed by atoms with Gasteiger partial charge < -0.3 is 15.3 Å². The molecule has 0 spiro atoms. The molecule has 1 atom stereocenters. The molecule has 108 valence electrons. The zero-order valence-corrected chi connectivity index (χ0v) is 12.5. The summed E-state index contributed by atoms with van der Waals surface area (Å²) in [6, 6.07) is 5.22. The molecule has 1 aromatic carbocycles. The molecule has 19 heavy (non-hydrogen) atoms. The minimum Gasteiger partial charge on any atom is -0.392 e. The van der Waals surface area contributed by atoms with E-state index < -0.39 is 6.10 Å². The second-order valence-corrected chi connectivity index (χ2v) is 6.12. The van der Waals surface area contributed by atoms with Crippen LogP contribution in [0.2, 0.25) is 0 Å². The summed E-state index contributed by atoms with van der Waals surface area (Å²) in [6.07, 6.45) is -0.480. The second kappa shape index (κ2) is 6.35. The Labute approximate surface area is 115 Å². The maximum absolute atomic E-state index is 14.0. The fourth-order valence-electron chi connectivity index (χ4n) is 1.83. The average molecular weight is 268 g/mol. The number of likely N-dealkylation sites (N-methyl/N-ethyl adjacent to an activating group) is 1. The summed E-state index contributed by atoms with van der Waals surface area (Å²) in [4.78, 5) is 1.72. The number of aliphatic hydroxyl groups is 1. The van der Waals surface area contributed by atoms with Gasteiger partial charge in [-0.2, -0.15) is 0 Å². The molecule has 2 N–H and O–H groups in total. The molecule has 3 nitrogen and oxygen atoms in total. The van der Waals surface area contributed by atoms with E-state index in [0.717, 1.165) is 5.56 Å². The van der Waals surface area contributed by atoms with Gasteiger partial charge in [0.1, 0.15) is 5.82 Å². The van der Waals surface area contributed by atoms with Crippen molar-refractivity contribution in [3.8, 4) is 0 Å². The zero-order chi connectivity index (χ0) is 14.6. The highest BCUT2D eigenvalue weighted by Crippen LogP contribution is 2.20. The zero-order valence-electron chi connectivity index (χ0n) is 12.5. The van der Waals surface area contributed by atoms with Crippen LogP contribution in [0.1, 0.15) is 33.3 Å². The van der Waals surface area contributed by atoms with Crippen molar-refractivity contribution in [3.63, 3.8) is 0 Å². The Bertz CT molecular complexity index is 413. The van der Waals surface area contributed by atoms with Crippen molar-refractivity contribution in [1.82, 2.24) is 5.32 Å². The Morgan fingerprint density at radius 2 is 2.00 bits per heavy atom. The molecule has 0 amide bonds. The highest BCUT2D eigenvalue weighted by Gasteiger charge is 2.12. The maximum Gasteiger partial charge on any atom is 0.146 e. The van der Waals surface area contributed by atoms with E-state index in [-0.39, 0.29) is 11.4 Å². The highest BCUT2D eigenvalue weighted by molar-refractivity contribution is 5.48. The normalized spacial score (nSPS) is 13.4. The number of hydrogen-bond acceptors (Lipinski definition) is 3. The fourth-order valence-corrected chi connectivity index (χ4v) is 1.83. The molecule has 0 aliphatic rings. The van der Waals surface area contributed by atoms with Gasteiger partial charge in [-0.1, -0.05) is 6.07 Å². The number of benzene rings is 1. The molecule has 0 aliphatic heterocycles. The van der Waals surface area contributed by atoms with Gasteiger partial charge in [0, 0.05) is 25.7 Å². The third-order valence-corrected chi connectivity index (χ3v) is 2.78. The summed E-state index contributed by atoms with van der Waals surface area (Å²) >= 11 is 0. The van der Waals surface area contributed by atoms with Crippen molar-refractivity contribution in [2.75, 3.05) is 18.5 Å². The molecule has 0 fully saturated rings. The van der Waals surface area contributed by atoms with Gasteiger partial charge in [-0.25, -0.2) is 4.39 Å². The lowest BCUT2D eigenvalue weighted by Crippen LogP contribution is -2.35. The smallest absolute Gasteiger partial charge is 0.146 e. The van der Waals surface area contributed by atoms with E-state index in [1.807, 2.05) is 6.07 Å². The first-order valence-corrected chi connectivity index (χ1v) is 6.61. The quantitative estimate of drug-likeness (QED) is 0.861. The molecule has 0 heterocycles. The lowest BCUT2D eigenvalue weighted by molar-refractivity contribution is 0.201. The Hall–Kier alpha value is -1.13. The van der Waals surface area contributed by atoms with Crippen LogP contribution in [0.4, 0.5) is 10.1 Å². The van der Waals surface area contributed by atoms with E-state index in [2.05, 4.69) is 26.1 Å². The van der Waals surface area contributed by atoms with E-state index in [1.165, 1.54) is 0 Å². The first-order valence-electron chi connectivity index (χ1n) is 6.61. The molecule has 0 aromatic heterocycles. The Balaban J connectivity index is 2.74. The maximum atomic E-state index is 14.0. The largest absolute Gasteiger partial charge is 0.392 e. The van der Waals surface area contributed by atoms with Crippen molar-refractivity contribution in [2.45, 2.75) is 45.9 Å². The molecule has 1 unspecified atom stereocenters. The van der Waals surface area contributed by atoms with Crippen LogP contribution in [0.25, 0.3) is 0 Å². The predicted molar refractivity (Wildman–Crippen MR) is 77.9 cm³/mol. The van der Waals surface area contributed by atoms with Crippen LogP contribution >= 0.6 is 0 Å². The van der Waals surface area contributed by atoms with Crippen molar-refractivity contribution < 1.29 is 9.50 Å². The Kier molecular flexibility index (Phi) is 5.32. The summed E-state index contributed by atoms with van der Waals surface area (Å²) in [7, 11) is 1.78. The Morgan fingerprint density at radius 3 is 2.47 bits per heavy atom. The van der Waals surface area contributed by atoms with Crippen LogP contribution < -0.4 is 10.2 Å². The molecular weight excluding hydrogens is 243 g/mol. The monoisotopic (exact) mass is 268 g/mol. The molecule has 0 radical (unpaired) electrons. The lowest BCUT2D eigenvalue weighted by atomic mass is 10.1. The minimum atomic E-state index is -0.480. The van der Waals surface area contributed by atoms with Gasteiger partial charge >= 0.3 is 0 Å². The molecule has 0 bridgehead atoms. The van der Waals surface area contributed by atoms with E-state index in [9.17, 15) is 9.50 Å². The molecule has 0 aliphatic carbocycles. The van der Waals surface area contributed by atoms with E-state index >= 15 is 0 Å². The van der Waals surface area contributed by atoms with Crippen LogP contribution in [0, 0.1) is 5.82 Å². The van der Waals surface area contributed by atoms with E-state index in [4.69, 9.17) is 0 Å². The third-order valence-electron chi connectivity index (χ3n) is 2.78. The van der Waals surface area contributed by atoms with Crippen LogP contribution in [0.3, 0.4) is 0 Å². The number of halogens is 1. The van der Waals surface area contributed by atoms with Gasteiger partial charge in [0.15, 0.2) is 0 Å². The van der Waals surface area contributed by atoms with Gasteiger partial charge in [-0.3, -0.25) is 0 Å². The standard InChI is InChI=1S/C15H25FN2O/c1-11(19)10-18(5)14-7-6-12(8-13(14)16)9-17-15(2,3)4/h6-8,11,17,19H,9-10H2,1-5H3. The second-order valence-electron chi connectivity index (χ2n) is 6.12. The minimum absolute atomic E-state index is 0.0122. The van der Waals surface area contributed by atoms with Crippen LogP contribution in [0.15, 0.2) is 18.2 Å². The first-order chi connectivity index (χ1) is 8.69. The summed E-state index contributed by atoms with van der Waals surface area (Å²) in [6.45, 7) is 8.98. The summed E-state index contributed by atoms with van der Waals surface area (Å²) in [5.41, 5.74) is 1.44. The van der Waals surface area contributed by atoms with Crippen molar-refractivity contribution in [2.24, 2.45) is 0 Å². The van der Waals surface area contributed by atoms with Gasteiger partial charge in [0.2, 0.25) is 0 Å². The van der Waals surface area contributed by atoms with E-state index in [0.29, 0.717) is 18.8 Å². The first kappa shape index (κ1) is 15.9. The number of nitrogens with zero attached hydrogens (tertiary/aromatic N) is 1. The molecule has 0 saturated heterocycles. The summed E-state index contributed by atoms with van der Waals surface area (Å²) < 4.78 is 14.0. The number of hydrogen-bond donors (Lipinski definition) is 2. The summed E-state index contributed by atoms with van der Waals surface area (Å²) in [5, 5.41) is 12.7. The van der Waals surface area contributed by atoms with Gasteiger partial charge in [0.05, 0.1) is 11.8 Å². The molecule has 1 aromatic rings. The van der Waals surface area contributed by atoms with Crippen molar-refractivity contribution >= 4 is 5.69 Å². The van der Waals surface area contributed by atoms with E-state index in [1.54, 1.807) is 31.0 Å². The number of nitrogens with one attached hydrogen (secondary N) is 1. The van der Waals surface area contributed by atoms with Gasteiger partial charge in [0.25, 0.3) is 0 Å². The molecular formula is C15H25FN2O. The topological polar surface area (TPSA) is 35.5 Å². The van der Waals surface area contributed by atoms with Crippen LogP contribution in [-0.4, -0.2) is 30.3 Å². The average Bonchev–Trinajstić information content (AvgIpc) is 2.24. The predicted octanol–water partition coefficient (Wildman–Crippen LogP) is 2.53. The van der Waals surface area contributed by atoms with Crippen molar-refractivity contribution in [1.29, 1.82) is 0 Å². The molecule has 4 heteroatoms. The van der Waals surface area contributed by atoms with Gasteiger partial charge in [-0.15, -0.1) is 0 Å². The summed E-state index contributed by atoms with van der Waals surface area (Å²) in [5.74, 6) is -0.253. The molecule has 1 rings (SSSR count). The third kappa shape index (κ3) is 5.57. The number of rotatable bonds is 5. The van der Waals surface area contributed by atoms with Gasteiger partial charge in [-0.05, 0) is 45.4 Å².